The van der Waals surface area contributed by atoms with E-state index in [1.54, 1.807) is 0 Å². The van der Waals surface area contributed by atoms with Crippen molar-refractivity contribution < 1.29 is 0 Å². The van der Waals surface area contributed by atoms with Crippen LogP contribution in [0.25, 0.3) is 11.3 Å². The second-order valence-electron chi connectivity index (χ2n) is 6.09. The zero-order chi connectivity index (χ0) is 14.0. The SMILES string of the molecule is Cc1ccc(-c2cnc(CC(C)(C)CN)[nH]2)cc1C. The molecule has 3 heteroatoms. The van der Waals surface area contributed by atoms with Crippen LogP contribution in [0.5, 0.6) is 0 Å². The third-order valence-corrected chi connectivity index (χ3v) is 3.64. The summed E-state index contributed by atoms with van der Waals surface area (Å²) in [6.07, 6.45) is 2.78. The minimum atomic E-state index is 0.0817. The fourth-order valence-corrected chi connectivity index (χ4v) is 2.03. The van der Waals surface area contributed by atoms with E-state index in [1.807, 2.05) is 6.20 Å². The molecule has 3 N–H and O–H groups in total. The molecular weight excluding hydrogens is 234 g/mol. The molecule has 102 valence electrons. The van der Waals surface area contributed by atoms with Crippen molar-refractivity contribution in [1.29, 1.82) is 0 Å². The minimum absolute atomic E-state index is 0.0817. The number of aryl methyl sites for hydroxylation is 2. The summed E-state index contributed by atoms with van der Waals surface area (Å²) in [6, 6.07) is 6.48. The number of hydrogen-bond donors (Lipinski definition) is 2. The molecule has 2 rings (SSSR count). The lowest BCUT2D eigenvalue weighted by atomic mass is 9.89. The highest BCUT2D eigenvalue weighted by Gasteiger charge is 2.18. The van der Waals surface area contributed by atoms with E-state index in [2.05, 4.69) is 55.9 Å². The van der Waals surface area contributed by atoms with Gasteiger partial charge in [0, 0.05) is 6.42 Å². The van der Waals surface area contributed by atoms with E-state index < -0.39 is 0 Å². The summed E-state index contributed by atoms with van der Waals surface area (Å²) < 4.78 is 0. The van der Waals surface area contributed by atoms with Gasteiger partial charge in [-0.15, -0.1) is 0 Å². The highest BCUT2D eigenvalue weighted by molar-refractivity contribution is 5.60. The lowest BCUT2D eigenvalue weighted by Crippen LogP contribution is -2.26. The summed E-state index contributed by atoms with van der Waals surface area (Å²) in [4.78, 5) is 7.87. The number of imidazole rings is 1. The summed E-state index contributed by atoms with van der Waals surface area (Å²) in [5.74, 6) is 1.00. The molecule has 0 bridgehead atoms. The number of benzene rings is 1. The lowest BCUT2D eigenvalue weighted by molar-refractivity contribution is 0.369. The monoisotopic (exact) mass is 257 g/mol. The van der Waals surface area contributed by atoms with Crippen LogP contribution < -0.4 is 5.73 Å². The van der Waals surface area contributed by atoms with Gasteiger partial charge in [0.1, 0.15) is 5.82 Å². The Labute approximate surface area is 115 Å². The molecule has 0 spiro atoms. The Balaban J connectivity index is 2.23. The Kier molecular flexibility index (Phi) is 3.76. The molecular formula is C16H23N3. The van der Waals surface area contributed by atoms with Gasteiger partial charge in [-0.25, -0.2) is 4.98 Å². The molecule has 0 atom stereocenters. The molecule has 0 unspecified atom stereocenters. The van der Waals surface area contributed by atoms with E-state index in [9.17, 15) is 0 Å². The maximum absolute atomic E-state index is 5.77. The van der Waals surface area contributed by atoms with Crippen molar-refractivity contribution >= 4 is 0 Å². The van der Waals surface area contributed by atoms with Gasteiger partial charge in [-0.3, -0.25) is 0 Å². The molecule has 1 heterocycles. The molecule has 1 aromatic heterocycles. The summed E-state index contributed by atoms with van der Waals surface area (Å²) in [6.45, 7) is 9.23. The highest BCUT2D eigenvalue weighted by atomic mass is 14.9. The molecule has 0 radical (unpaired) electrons. The van der Waals surface area contributed by atoms with Gasteiger partial charge in [-0.1, -0.05) is 26.0 Å². The fourth-order valence-electron chi connectivity index (χ4n) is 2.03. The van der Waals surface area contributed by atoms with Crippen molar-refractivity contribution in [2.75, 3.05) is 6.54 Å². The Morgan fingerprint density at radius 2 is 1.95 bits per heavy atom. The van der Waals surface area contributed by atoms with Crippen molar-refractivity contribution in [2.45, 2.75) is 34.1 Å². The van der Waals surface area contributed by atoms with Crippen molar-refractivity contribution in [1.82, 2.24) is 9.97 Å². The van der Waals surface area contributed by atoms with Crippen LogP contribution in [0.4, 0.5) is 0 Å². The zero-order valence-corrected chi connectivity index (χ0v) is 12.2. The quantitative estimate of drug-likeness (QED) is 0.883. The molecule has 0 aliphatic rings. The summed E-state index contributed by atoms with van der Waals surface area (Å²) in [5, 5.41) is 0. The first kappa shape index (κ1) is 13.8. The average molecular weight is 257 g/mol. The Morgan fingerprint density at radius 1 is 1.21 bits per heavy atom. The van der Waals surface area contributed by atoms with Gasteiger partial charge in [0.2, 0.25) is 0 Å². The summed E-state index contributed by atoms with van der Waals surface area (Å²) >= 11 is 0. The van der Waals surface area contributed by atoms with Crippen LogP contribution in [0.2, 0.25) is 0 Å². The fraction of sp³-hybridized carbons (Fsp3) is 0.438. The van der Waals surface area contributed by atoms with Gasteiger partial charge in [0.25, 0.3) is 0 Å². The molecule has 0 saturated heterocycles. The van der Waals surface area contributed by atoms with E-state index in [0.29, 0.717) is 6.54 Å². The van der Waals surface area contributed by atoms with Crippen molar-refractivity contribution in [2.24, 2.45) is 11.1 Å². The number of nitrogens with one attached hydrogen (secondary N) is 1. The van der Waals surface area contributed by atoms with E-state index in [4.69, 9.17) is 5.73 Å². The summed E-state index contributed by atoms with van der Waals surface area (Å²) in [7, 11) is 0. The van der Waals surface area contributed by atoms with Crippen molar-refractivity contribution in [3.8, 4) is 11.3 Å². The number of aromatic nitrogens is 2. The predicted molar refractivity (Wildman–Crippen MR) is 80.0 cm³/mol. The topological polar surface area (TPSA) is 54.7 Å². The third-order valence-electron chi connectivity index (χ3n) is 3.64. The average Bonchev–Trinajstić information content (AvgIpc) is 2.80. The molecule has 1 aromatic carbocycles. The van der Waals surface area contributed by atoms with Gasteiger partial charge >= 0.3 is 0 Å². The predicted octanol–water partition coefficient (Wildman–Crippen LogP) is 3.22. The van der Waals surface area contributed by atoms with Crippen LogP contribution in [-0.4, -0.2) is 16.5 Å². The first-order valence-electron chi connectivity index (χ1n) is 6.73. The number of H-pyrrole nitrogens is 1. The van der Waals surface area contributed by atoms with Gasteiger partial charge in [0.15, 0.2) is 0 Å². The molecule has 2 aromatic rings. The Morgan fingerprint density at radius 3 is 2.58 bits per heavy atom. The largest absolute Gasteiger partial charge is 0.342 e. The molecule has 3 nitrogen and oxygen atoms in total. The number of nitrogens with zero attached hydrogens (tertiary/aromatic N) is 1. The third kappa shape index (κ3) is 3.24. The molecule has 19 heavy (non-hydrogen) atoms. The molecule has 0 amide bonds. The Bertz CT molecular complexity index is 567. The Hall–Kier alpha value is -1.61. The van der Waals surface area contributed by atoms with Crippen molar-refractivity contribution in [3.05, 3.63) is 41.3 Å². The smallest absolute Gasteiger partial charge is 0.107 e. The maximum Gasteiger partial charge on any atom is 0.107 e. The number of aromatic amines is 1. The van der Waals surface area contributed by atoms with Crippen LogP contribution in [0.15, 0.2) is 24.4 Å². The molecule has 0 aliphatic heterocycles. The minimum Gasteiger partial charge on any atom is -0.342 e. The zero-order valence-electron chi connectivity index (χ0n) is 12.2. The first-order chi connectivity index (χ1) is 8.91. The molecule has 0 saturated carbocycles. The van der Waals surface area contributed by atoms with Crippen LogP contribution in [0.3, 0.4) is 0 Å². The van der Waals surface area contributed by atoms with Gasteiger partial charge in [0.05, 0.1) is 11.9 Å². The van der Waals surface area contributed by atoms with E-state index in [0.717, 1.165) is 17.9 Å². The van der Waals surface area contributed by atoms with Gasteiger partial charge < -0.3 is 10.7 Å². The second-order valence-corrected chi connectivity index (χ2v) is 6.09. The van der Waals surface area contributed by atoms with Crippen LogP contribution in [0.1, 0.15) is 30.8 Å². The van der Waals surface area contributed by atoms with Crippen LogP contribution >= 0.6 is 0 Å². The normalized spacial score (nSPS) is 11.8. The number of rotatable bonds is 4. The van der Waals surface area contributed by atoms with Crippen LogP contribution in [-0.2, 0) is 6.42 Å². The van der Waals surface area contributed by atoms with Crippen LogP contribution in [0, 0.1) is 19.3 Å². The maximum atomic E-state index is 5.77. The number of nitrogens with two attached hydrogens (primary N) is 1. The number of hydrogen-bond acceptors (Lipinski definition) is 2. The van der Waals surface area contributed by atoms with Crippen molar-refractivity contribution in [3.63, 3.8) is 0 Å². The van der Waals surface area contributed by atoms with E-state index >= 15 is 0 Å². The van der Waals surface area contributed by atoms with E-state index in [-0.39, 0.29) is 5.41 Å². The standard InChI is InChI=1S/C16H23N3/c1-11-5-6-13(7-12(11)2)14-9-18-15(19-14)8-16(3,4)10-17/h5-7,9H,8,10,17H2,1-4H3,(H,18,19). The van der Waals surface area contributed by atoms with Gasteiger partial charge in [-0.05, 0) is 48.6 Å². The molecule has 0 aliphatic carbocycles. The van der Waals surface area contributed by atoms with E-state index in [1.165, 1.54) is 16.7 Å². The highest BCUT2D eigenvalue weighted by Crippen LogP contribution is 2.23. The first-order valence-corrected chi connectivity index (χ1v) is 6.73. The second kappa shape index (κ2) is 5.17. The lowest BCUT2D eigenvalue weighted by Gasteiger charge is -2.20. The van der Waals surface area contributed by atoms with Gasteiger partial charge in [-0.2, -0.15) is 0 Å². The molecule has 0 fully saturated rings. The summed E-state index contributed by atoms with van der Waals surface area (Å²) in [5.41, 5.74) is 10.7.